The smallest absolute Gasteiger partial charge is 0.228 e. The van der Waals surface area contributed by atoms with Gasteiger partial charge < -0.3 is 10.1 Å². The number of hydrogen-bond donors (Lipinski definition) is 1. The molecule has 0 radical (unpaired) electrons. The molecule has 1 amide bonds. The van der Waals surface area contributed by atoms with Crippen molar-refractivity contribution in [2.24, 2.45) is 5.92 Å². The van der Waals surface area contributed by atoms with Crippen molar-refractivity contribution in [3.63, 3.8) is 0 Å². The number of nitrogens with one attached hydrogen (secondary N) is 1. The van der Waals surface area contributed by atoms with Crippen molar-refractivity contribution in [3.05, 3.63) is 23.2 Å². The van der Waals surface area contributed by atoms with E-state index in [1.807, 2.05) is 0 Å². The monoisotopic (exact) mass is 303 g/mol. The minimum absolute atomic E-state index is 0.0778. The molecular weight excluding hydrogens is 290 g/mol. The fourth-order valence-corrected chi connectivity index (χ4v) is 3.99. The largest absolute Gasteiger partial charge is 0.495 e. The van der Waals surface area contributed by atoms with Crippen molar-refractivity contribution < 1.29 is 17.9 Å². The van der Waals surface area contributed by atoms with E-state index in [4.69, 9.17) is 16.3 Å². The topological polar surface area (TPSA) is 72.5 Å². The number of anilines is 1. The molecule has 2 rings (SSSR count). The third-order valence-electron chi connectivity index (χ3n) is 3.02. The van der Waals surface area contributed by atoms with Gasteiger partial charge in [0.25, 0.3) is 0 Å². The third-order valence-corrected chi connectivity index (χ3v) is 5.09. The van der Waals surface area contributed by atoms with Crippen LogP contribution >= 0.6 is 11.6 Å². The predicted octanol–water partition coefficient (Wildman–Crippen LogP) is 1.72. The molecule has 5 nitrogen and oxygen atoms in total. The molecule has 0 aromatic heterocycles. The number of benzene rings is 1. The number of ether oxygens (including phenoxy) is 1. The summed E-state index contributed by atoms with van der Waals surface area (Å²) in [4.78, 5) is 11.9. The number of halogens is 1. The summed E-state index contributed by atoms with van der Waals surface area (Å²) in [6.07, 6.45) is 0.373. The highest BCUT2D eigenvalue weighted by Crippen LogP contribution is 2.28. The molecule has 1 atom stereocenters. The quantitative estimate of drug-likeness (QED) is 0.923. The van der Waals surface area contributed by atoms with Crippen LogP contribution in [-0.2, 0) is 14.6 Å². The van der Waals surface area contributed by atoms with Gasteiger partial charge in [-0.25, -0.2) is 8.42 Å². The van der Waals surface area contributed by atoms with E-state index in [1.165, 1.54) is 7.11 Å². The molecule has 0 unspecified atom stereocenters. The van der Waals surface area contributed by atoms with Crippen molar-refractivity contribution in [3.8, 4) is 5.75 Å². The van der Waals surface area contributed by atoms with Crippen LogP contribution < -0.4 is 10.1 Å². The van der Waals surface area contributed by atoms with Crippen LogP contribution in [0.25, 0.3) is 0 Å². The van der Waals surface area contributed by atoms with Gasteiger partial charge in [-0.3, -0.25) is 4.79 Å². The highest BCUT2D eigenvalue weighted by molar-refractivity contribution is 7.91. The van der Waals surface area contributed by atoms with Crippen molar-refractivity contribution in [1.29, 1.82) is 0 Å². The highest BCUT2D eigenvalue weighted by Gasteiger charge is 2.32. The second kappa shape index (κ2) is 5.38. The number of amides is 1. The van der Waals surface area contributed by atoms with Gasteiger partial charge in [0.05, 0.1) is 29.6 Å². The molecule has 0 aliphatic carbocycles. The molecule has 0 saturated carbocycles. The van der Waals surface area contributed by atoms with Gasteiger partial charge in [-0.15, -0.1) is 0 Å². The molecule has 1 saturated heterocycles. The number of hydrogen-bond acceptors (Lipinski definition) is 4. The summed E-state index contributed by atoms with van der Waals surface area (Å²) in [6, 6.07) is 4.87. The summed E-state index contributed by atoms with van der Waals surface area (Å²) in [5, 5.41) is 3.06. The number of rotatable bonds is 3. The molecule has 1 aromatic carbocycles. The average Bonchev–Trinajstić information content (AvgIpc) is 2.70. The number of carbonyl (C=O) groups is 1. The van der Waals surface area contributed by atoms with E-state index in [0.29, 0.717) is 22.9 Å². The van der Waals surface area contributed by atoms with Crippen molar-refractivity contribution in [2.45, 2.75) is 6.42 Å². The normalized spacial score (nSPS) is 21.1. The molecule has 104 valence electrons. The molecule has 1 fully saturated rings. The van der Waals surface area contributed by atoms with Crippen LogP contribution in [0.15, 0.2) is 18.2 Å². The van der Waals surface area contributed by atoms with Crippen LogP contribution in [0, 0.1) is 5.92 Å². The average molecular weight is 304 g/mol. The molecule has 19 heavy (non-hydrogen) atoms. The summed E-state index contributed by atoms with van der Waals surface area (Å²) in [5.74, 6) is -0.256. The van der Waals surface area contributed by atoms with E-state index in [-0.39, 0.29) is 17.4 Å². The fraction of sp³-hybridized carbons (Fsp3) is 0.417. The van der Waals surface area contributed by atoms with Crippen LogP contribution in [0.1, 0.15) is 6.42 Å². The van der Waals surface area contributed by atoms with Gasteiger partial charge >= 0.3 is 0 Å². The van der Waals surface area contributed by atoms with E-state index < -0.39 is 15.8 Å². The van der Waals surface area contributed by atoms with Crippen molar-refractivity contribution in [1.82, 2.24) is 0 Å². The SMILES string of the molecule is COc1ccc(NC(=O)[C@H]2CCS(=O)(=O)C2)cc1Cl. The predicted molar refractivity (Wildman–Crippen MR) is 73.4 cm³/mol. The standard InChI is InChI=1S/C12H14ClNO4S/c1-18-11-3-2-9(6-10(11)13)14-12(15)8-4-5-19(16,17)7-8/h2-3,6,8H,4-5,7H2,1H3,(H,14,15)/t8-/m0/s1. The van der Waals surface area contributed by atoms with Crippen LogP contribution in [-0.4, -0.2) is 32.9 Å². The van der Waals surface area contributed by atoms with Gasteiger partial charge in [0.15, 0.2) is 9.84 Å². The molecule has 0 bridgehead atoms. The zero-order chi connectivity index (χ0) is 14.0. The van der Waals surface area contributed by atoms with Gasteiger partial charge in [-0.1, -0.05) is 11.6 Å². The Morgan fingerprint density at radius 1 is 1.47 bits per heavy atom. The lowest BCUT2D eigenvalue weighted by Crippen LogP contribution is -2.23. The molecular formula is C12H14ClNO4S. The molecule has 1 aromatic rings. The van der Waals surface area contributed by atoms with Crippen LogP contribution in [0.5, 0.6) is 5.75 Å². The first-order valence-electron chi connectivity index (χ1n) is 5.76. The summed E-state index contributed by atoms with van der Waals surface area (Å²) < 4.78 is 27.6. The summed E-state index contributed by atoms with van der Waals surface area (Å²) in [7, 11) is -1.56. The maximum Gasteiger partial charge on any atom is 0.228 e. The number of sulfone groups is 1. The first-order valence-corrected chi connectivity index (χ1v) is 7.96. The zero-order valence-electron chi connectivity index (χ0n) is 10.3. The second-order valence-electron chi connectivity index (χ2n) is 4.44. The number of methoxy groups -OCH3 is 1. The Balaban J connectivity index is 2.05. The van der Waals surface area contributed by atoms with E-state index in [9.17, 15) is 13.2 Å². The Bertz CT molecular complexity index is 600. The Kier molecular flexibility index (Phi) is 4.01. The minimum Gasteiger partial charge on any atom is -0.495 e. The lowest BCUT2D eigenvalue weighted by atomic mass is 10.1. The summed E-state index contributed by atoms with van der Waals surface area (Å²) in [6.45, 7) is 0. The van der Waals surface area contributed by atoms with Gasteiger partial charge in [0, 0.05) is 5.69 Å². The second-order valence-corrected chi connectivity index (χ2v) is 7.07. The molecule has 0 spiro atoms. The van der Waals surface area contributed by atoms with Gasteiger partial charge in [-0.2, -0.15) is 0 Å². The molecule has 1 heterocycles. The Hall–Kier alpha value is -1.27. The lowest BCUT2D eigenvalue weighted by molar-refractivity contribution is -0.119. The minimum atomic E-state index is -3.06. The van der Waals surface area contributed by atoms with Crippen LogP contribution in [0.2, 0.25) is 5.02 Å². The molecule has 1 aliphatic heterocycles. The van der Waals surface area contributed by atoms with Crippen molar-refractivity contribution in [2.75, 3.05) is 23.9 Å². The number of carbonyl (C=O) groups excluding carboxylic acids is 1. The Morgan fingerprint density at radius 2 is 2.21 bits per heavy atom. The van der Waals surface area contributed by atoms with E-state index >= 15 is 0 Å². The van der Waals surface area contributed by atoms with Gasteiger partial charge in [0.1, 0.15) is 5.75 Å². The van der Waals surface area contributed by atoms with Crippen LogP contribution in [0.3, 0.4) is 0 Å². The van der Waals surface area contributed by atoms with E-state index in [0.717, 1.165) is 0 Å². The maximum atomic E-state index is 11.9. The molecule has 1 aliphatic rings. The third kappa shape index (κ3) is 3.39. The van der Waals surface area contributed by atoms with Gasteiger partial charge in [-0.05, 0) is 24.6 Å². The maximum absolute atomic E-state index is 11.9. The van der Waals surface area contributed by atoms with Crippen LogP contribution in [0.4, 0.5) is 5.69 Å². The summed E-state index contributed by atoms with van der Waals surface area (Å²) >= 11 is 5.95. The Morgan fingerprint density at radius 3 is 2.74 bits per heavy atom. The zero-order valence-corrected chi connectivity index (χ0v) is 11.9. The first-order chi connectivity index (χ1) is 8.91. The lowest BCUT2D eigenvalue weighted by Gasteiger charge is -2.10. The fourth-order valence-electron chi connectivity index (χ4n) is 1.99. The Labute approximate surface area is 116 Å². The van der Waals surface area contributed by atoms with E-state index in [2.05, 4.69) is 5.32 Å². The molecule has 7 heteroatoms. The van der Waals surface area contributed by atoms with Crippen molar-refractivity contribution >= 4 is 33.0 Å². The first kappa shape index (κ1) is 14.1. The highest BCUT2D eigenvalue weighted by atomic mass is 35.5. The van der Waals surface area contributed by atoms with Gasteiger partial charge in [0.2, 0.25) is 5.91 Å². The molecule has 1 N–H and O–H groups in total. The summed E-state index contributed by atoms with van der Waals surface area (Å²) in [5.41, 5.74) is 0.528. The van der Waals surface area contributed by atoms with E-state index in [1.54, 1.807) is 18.2 Å².